The molecule has 0 unspecified atom stereocenters. The second-order valence-corrected chi connectivity index (χ2v) is 8.28. The van der Waals surface area contributed by atoms with E-state index in [-0.39, 0.29) is 28.9 Å². The smallest absolute Gasteiger partial charge is 0.277 e. The Bertz CT molecular complexity index is 1570. The number of nitro benzene ring substituents is 1. The monoisotopic (exact) mass is 502 g/mol. The molecule has 1 amide bonds. The van der Waals surface area contributed by atoms with E-state index in [9.17, 15) is 14.9 Å². The van der Waals surface area contributed by atoms with Crippen LogP contribution in [0.1, 0.15) is 16.1 Å². The number of carbonyl (C=O) groups excluding carboxylic acids is 1. The predicted octanol–water partition coefficient (Wildman–Crippen LogP) is 5.13. The molecule has 0 aliphatic carbocycles. The molecule has 3 aromatic carbocycles. The van der Waals surface area contributed by atoms with E-state index < -0.39 is 10.8 Å². The third-order valence-electron chi connectivity index (χ3n) is 5.45. The number of hydrogen-bond acceptors (Lipinski definition) is 6. The largest absolute Gasteiger partial charge is 0.470 e. The van der Waals surface area contributed by atoms with Crippen LogP contribution in [0.5, 0.6) is 5.75 Å². The average molecular weight is 503 g/mol. The summed E-state index contributed by atoms with van der Waals surface area (Å²) in [6.45, 7) is 0.527. The molecule has 0 atom stereocenters. The summed E-state index contributed by atoms with van der Waals surface area (Å²) >= 11 is 6.04. The molecule has 0 saturated carbocycles. The second kappa shape index (κ2) is 9.88. The van der Waals surface area contributed by atoms with Gasteiger partial charge in [-0.1, -0.05) is 54.1 Å². The van der Waals surface area contributed by atoms with Gasteiger partial charge in [0.25, 0.3) is 11.6 Å². The van der Waals surface area contributed by atoms with Crippen molar-refractivity contribution < 1.29 is 14.5 Å². The Morgan fingerprint density at radius 2 is 1.81 bits per heavy atom. The molecule has 11 heteroatoms. The maximum Gasteiger partial charge on any atom is 0.277 e. The van der Waals surface area contributed by atoms with Crippen molar-refractivity contribution in [2.24, 2.45) is 0 Å². The summed E-state index contributed by atoms with van der Waals surface area (Å²) in [4.78, 5) is 22.9. The number of carbonyl (C=O) groups is 1. The van der Waals surface area contributed by atoms with Gasteiger partial charge < -0.3 is 10.1 Å². The molecule has 0 saturated heterocycles. The SMILES string of the molecule is O=C(Nc1ccn(Cc2cccc3ccccc23)n1)c1ccn(COc2ccc([N+](=O)[O-])cc2Cl)n1. The van der Waals surface area contributed by atoms with Gasteiger partial charge in [0.1, 0.15) is 5.75 Å². The van der Waals surface area contributed by atoms with E-state index in [1.807, 2.05) is 18.2 Å². The molecule has 5 rings (SSSR count). The van der Waals surface area contributed by atoms with Crippen molar-refractivity contribution in [3.05, 3.63) is 112 Å². The van der Waals surface area contributed by atoms with Crippen molar-refractivity contribution in [2.75, 3.05) is 5.32 Å². The van der Waals surface area contributed by atoms with Gasteiger partial charge in [-0.15, -0.1) is 0 Å². The molecule has 1 N–H and O–H groups in total. The molecule has 5 aromatic rings. The highest BCUT2D eigenvalue weighted by molar-refractivity contribution is 6.32. The van der Waals surface area contributed by atoms with Gasteiger partial charge in [-0.25, -0.2) is 4.68 Å². The topological polar surface area (TPSA) is 117 Å². The van der Waals surface area contributed by atoms with Gasteiger partial charge in [0.2, 0.25) is 0 Å². The van der Waals surface area contributed by atoms with Crippen molar-refractivity contribution >= 4 is 39.8 Å². The Kier molecular flexibility index (Phi) is 6.33. The van der Waals surface area contributed by atoms with Crippen LogP contribution in [0.4, 0.5) is 11.5 Å². The van der Waals surface area contributed by atoms with Gasteiger partial charge in [-0.2, -0.15) is 10.2 Å². The number of anilines is 1. The molecule has 0 aliphatic heterocycles. The number of amides is 1. The molecule has 10 nitrogen and oxygen atoms in total. The maximum absolute atomic E-state index is 12.6. The molecule has 0 fully saturated rings. The lowest BCUT2D eigenvalue weighted by Crippen LogP contribution is -2.15. The van der Waals surface area contributed by atoms with E-state index in [1.54, 1.807) is 29.2 Å². The lowest BCUT2D eigenvalue weighted by molar-refractivity contribution is -0.384. The number of aromatic nitrogens is 4. The molecule has 0 bridgehead atoms. The van der Waals surface area contributed by atoms with Crippen molar-refractivity contribution in [3.8, 4) is 5.75 Å². The predicted molar refractivity (Wildman–Crippen MR) is 134 cm³/mol. The van der Waals surface area contributed by atoms with Gasteiger partial charge >= 0.3 is 0 Å². The first-order valence-electron chi connectivity index (χ1n) is 10.9. The Morgan fingerprint density at radius 1 is 1.00 bits per heavy atom. The number of fused-ring (bicyclic) bond motifs is 1. The molecule has 36 heavy (non-hydrogen) atoms. The number of ether oxygens (including phenoxy) is 1. The summed E-state index contributed by atoms with van der Waals surface area (Å²) in [6.07, 6.45) is 3.38. The molecule has 0 aliphatic rings. The van der Waals surface area contributed by atoms with E-state index in [0.717, 1.165) is 16.3 Å². The number of nitrogens with zero attached hydrogens (tertiary/aromatic N) is 5. The van der Waals surface area contributed by atoms with Gasteiger partial charge in [0.15, 0.2) is 18.2 Å². The van der Waals surface area contributed by atoms with Crippen molar-refractivity contribution in [1.29, 1.82) is 0 Å². The summed E-state index contributed by atoms with van der Waals surface area (Å²) in [5.74, 6) is 0.252. The highest BCUT2D eigenvalue weighted by Crippen LogP contribution is 2.28. The van der Waals surface area contributed by atoms with E-state index in [2.05, 4.69) is 39.8 Å². The summed E-state index contributed by atoms with van der Waals surface area (Å²) in [5, 5.41) is 24.6. The third-order valence-corrected chi connectivity index (χ3v) is 5.74. The van der Waals surface area contributed by atoms with Crippen molar-refractivity contribution in [2.45, 2.75) is 13.3 Å². The van der Waals surface area contributed by atoms with Crippen LogP contribution in [0.15, 0.2) is 85.2 Å². The average Bonchev–Trinajstić information content (AvgIpc) is 3.53. The lowest BCUT2D eigenvalue weighted by atomic mass is 10.0. The van der Waals surface area contributed by atoms with E-state index in [0.29, 0.717) is 12.4 Å². The van der Waals surface area contributed by atoms with Crippen LogP contribution in [0, 0.1) is 10.1 Å². The number of nitrogens with one attached hydrogen (secondary N) is 1. The number of non-ortho nitro benzene ring substituents is 1. The molecule has 0 radical (unpaired) electrons. The van der Waals surface area contributed by atoms with Crippen LogP contribution in [0.2, 0.25) is 5.02 Å². The van der Waals surface area contributed by atoms with Crippen molar-refractivity contribution in [1.82, 2.24) is 19.6 Å². The second-order valence-electron chi connectivity index (χ2n) is 7.88. The maximum atomic E-state index is 12.6. The number of hydrogen-bond donors (Lipinski definition) is 1. The summed E-state index contributed by atoms with van der Waals surface area (Å²) in [6, 6.07) is 21.5. The summed E-state index contributed by atoms with van der Waals surface area (Å²) in [5.41, 5.74) is 1.17. The highest BCUT2D eigenvalue weighted by Gasteiger charge is 2.14. The minimum Gasteiger partial charge on any atom is -0.470 e. The molecule has 2 heterocycles. The van der Waals surface area contributed by atoms with Crippen LogP contribution in [-0.4, -0.2) is 30.4 Å². The van der Waals surface area contributed by atoms with E-state index in [1.165, 1.54) is 22.9 Å². The minimum absolute atomic E-state index is 0.0372. The molecule has 0 spiro atoms. The van der Waals surface area contributed by atoms with Crippen LogP contribution in [0.3, 0.4) is 0 Å². The van der Waals surface area contributed by atoms with Crippen LogP contribution < -0.4 is 10.1 Å². The Morgan fingerprint density at radius 3 is 2.64 bits per heavy atom. The van der Waals surface area contributed by atoms with Gasteiger partial charge in [-0.05, 0) is 28.5 Å². The van der Waals surface area contributed by atoms with Gasteiger partial charge in [0, 0.05) is 30.6 Å². The first-order valence-corrected chi connectivity index (χ1v) is 11.3. The summed E-state index contributed by atoms with van der Waals surface area (Å²) in [7, 11) is 0. The highest BCUT2D eigenvalue weighted by atomic mass is 35.5. The number of halogens is 1. The molecule has 2 aromatic heterocycles. The fourth-order valence-corrected chi connectivity index (χ4v) is 3.94. The third kappa shape index (κ3) is 5.03. The fraction of sp³-hybridized carbons (Fsp3) is 0.0800. The summed E-state index contributed by atoms with van der Waals surface area (Å²) < 4.78 is 8.73. The zero-order chi connectivity index (χ0) is 25.1. The van der Waals surface area contributed by atoms with E-state index >= 15 is 0 Å². The zero-order valence-corrected chi connectivity index (χ0v) is 19.5. The molecular weight excluding hydrogens is 484 g/mol. The van der Waals surface area contributed by atoms with Crippen LogP contribution >= 0.6 is 11.6 Å². The Balaban J connectivity index is 1.20. The Labute approximate surface area is 209 Å². The lowest BCUT2D eigenvalue weighted by Gasteiger charge is -2.07. The standard InChI is InChI=1S/C25H19ClN6O4/c26-21-14-19(32(34)35)8-9-23(21)36-16-31-12-10-22(28-31)25(33)27-24-11-13-30(29-24)15-18-6-3-5-17-4-1-2-7-20(17)18/h1-14H,15-16H2,(H,27,29,33). The normalized spacial score (nSPS) is 10.9. The number of rotatable bonds is 8. The quantitative estimate of drug-likeness (QED) is 0.232. The van der Waals surface area contributed by atoms with Gasteiger partial charge in [0.05, 0.1) is 16.5 Å². The fourth-order valence-electron chi connectivity index (χ4n) is 3.71. The van der Waals surface area contributed by atoms with E-state index in [4.69, 9.17) is 16.3 Å². The van der Waals surface area contributed by atoms with Crippen LogP contribution in [0.25, 0.3) is 10.8 Å². The van der Waals surface area contributed by atoms with Crippen LogP contribution in [-0.2, 0) is 13.3 Å². The molecule has 180 valence electrons. The first-order chi connectivity index (χ1) is 17.5. The zero-order valence-electron chi connectivity index (χ0n) is 18.7. The molecular formula is C25H19ClN6O4. The number of nitro groups is 1. The van der Waals surface area contributed by atoms with Crippen molar-refractivity contribution in [3.63, 3.8) is 0 Å². The minimum atomic E-state index is -0.541. The number of benzene rings is 3. The Hall–Kier alpha value is -4.70. The van der Waals surface area contributed by atoms with Gasteiger partial charge in [-0.3, -0.25) is 19.6 Å². The first kappa shape index (κ1) is 23.1.